The van der Waals surface area contributed by atoms with Gasteiger partial charge in [-0.15, -0.1) is 0 Å². The van der Waals surface area contributed by atoms with Crippen LogP contribution in [0, 0.1) is 6.92 Å². The average molecular weight is 221 g/mol. The molecule has 0 fully saturated rings. The topological polar surface area (TPSA) is 21.1 Å². The predicted molar refractivity (Wildman–Crippen MR) is 68.5 cm³/mol. The lowest BCUT2D eigenvalue weighted by Crippen LogP contribution is -2.21. The van der Waals surface area contributed by atoms with Crippen molar-refractivity contribution in [2.24, 2.45) is 0 Å². The van der Waals surface area contributed by atoms with Gasteiger partial charge < -0.3 is 9.47 Å². The number of allylic oxidation sites excluding steroid dienone is 1. The Hall–Kier alpha value is -1.09. The van der Waals surface area contributed by atoms with E-state index in [0.29, 0.717) is 0 Å². The Morgan fingerprint density at radius 3 is 2.81 bits per heavy atom. The van der Waals surface area contributed by atoms with Crippen LogP contribution < -0.4 is 0 Å². The van der Waals surface area contributed by atoms with Gasteiger partial charge in [0.25, 0.3) is 0 Å². The summed E-state index contributed by atoms with van der Waals surface area (Å²) in [5.41, 5.74) is 1.39. The molecule has 90 valence electrons. The third-order valence-electron chi connectivity index (χ3n) is 2.67. The molecular weight excluding hydrogens is 198 g/mol. The lowest BCUT2D eigenvalue weighted by atomic mass is 10.3. The minimum Gasteiger partial charge on any atom is -0.335 e. The number of aryl methyl sites for hydroxylation is 2. The number of aromatic nitrogens is 2. The van der Waals surface area contributed by atoms with E-state index in [4.69, 9.17) is 0 Å². The molecule has 0 spiro atoms. The molecular formula is C13H23N3. The molecule has 1 aromatic rings. The van der Waals surface area contributed by atoms with Gasteiger partial charge >= 0.3 is 0 Å². The Labute approximate surface area is 98.8 Å². The molecule has 0 bridgehead atoms. The highest BCUT2D eigenvalue weighted by atomic mass is 15.1. The van der Waals surface area contributed by atoms with Crippen molar-refractivity contribution in [2.45, 2.75) is 33.7 Å². The summed E-state index contributed by atoms with van der Waals surface area (Å²) >= 11 is 0. The van der Waals surface area contributed by atoms with Gasteiger partial charge in [0.2, 0.25) is 0 Å². The Kier molecular flexibility index (Phi) is 5.26. The van der Waals surface area contributed by atoms with Gasteiger partial charge in [0.15, 0.2) is 0 Å². The fraction of sp³-hybridized carbons (Fsp3) is 0.615. The predicted octanol–water partition coefficient (Wildman–Crippen LogP) is 2.48. The molecule has 0 atom stereocenters. The van der Waals surface area contributed by atoms with Crippen molar-refractivity contribution in [3.8, 4) is 0 Å². The van der Waals surface area contributed by atoms with Crippen LogP contribution in [0.5, 0.6) is 0 Å². The van der Waals surface area contributed by atoms with E-state index < -0.39 is 0 Å². The largest absolute Gasteiger partial charge is 0.335 e. The minimum atomic E-state index is 1.05. The Bertz CT molecular complexity index is 335. The van der Waals surface area contributed by atoms with Gasteiger partial charge in [0.05, 0.1) is 0 Å². The molecule has 0 saturated heterocycles. The lowest BCUT2D eigenvalue weighted by Gasteiger charge is -2.15. The summed E-state index contributed by atoms with van der Waals surface area (Å²) in [4.78, 5) is 6.56. The van der Waals surface area contributed by atoms with Gasteiger partial charge in [-0.3, -0.25) is 0 Å². The van der Waals surface area contributed by atoms with Crippen LogP contribution >= 0.6 is 0 Å². The maximum absolute atomic E-state index is 4.21. The molecule has 1 rings (SSSR count). The van der Waals surface area contributed by atoms with E-state index in [1.165, 1.54) is 12.0 Å². The van der Waals surface area contributed by atoms with Crippen molar-refractivity contribution in [2.75, 3.05) is 20.1 Å². The van der Waals surface area contributed by atoms with Crippen molar-refractivity contribution < 1.29 is 0 Å². The third kappa shape index (κ3) is 4.62. The van der Waals surface area contributed by atoms with Crippen LogP contribution in [-0.2, 0) is 6.54 Å². The molecule has 16 heavy (non-hydrogen) atoms. The van der Waals surface area contributed by atoms with Crippen molar-refractivity contribution >= 4 is 0 Å². The summed E-state index contributed by atoms with van der Waals surface area (Å²) in [5, 5.41) is 0. The molecule has 0 amide bonds. The highest BCUT2D eigenvalue weighted by molar-refractivity contribution is 4.94. The van der Waals surface area contributed by atoms with Crippen LogP contribution in [0.15, 0.2) is 24.0 Å². The standard InChI is InChI=1S/C13H23N3/c1-12(2)6-10-15(4)8-5-9-16-11-7-14-13(16)3/h6-7,11H,5,8-10H2,1-4H3. The SMILES string of the molecule is CC(C)=CCN(C)CCCn1ccnc1C. The maximum Gasteiger partial charge on any atom is 0.105 e. The minimum absolute atomic E-state index is 1.05. The second-order valence-corrected chi connectivity index (χ2v) is 4.57. The zero-order valence-electron chi connectivity index (χ0n) is 10.9. The molecule has 0 aliphatic carbocycles. The average Bonchev–Trinajstić information content (AvgIpc) is 2.61. The smallest absolute Gasteiger partial charge is 0.105 e. The van der Waals surface area contributed by atoms with Crippen molar-refractivity contribution in [1.29, 1.82) is 0 Å². The summed E-state index contributed by atoms with van der Waals surface area (Å²) < 4.78 is 2.20. The molecule has 0 unspecified atom stereocenters. The third-order valence-corrected chi connectivity index (χ3v) is 2.67. The first kappa shape index (κ1) is 13.0. The van der Waals surface area contributed by atoms with Gasteiger partial charge in [-0.1, -0.05) is 11.6 Å². The van der Waals surface area contributed by atoms with E-state index in [1.54, 1.807) is 0 Å². The van der Waals surface area contributed by atoms with Gasteiger partial charge in [-0.25, -0.2) is 4.98 Å². The van der Waals surface area contributed by atoms with E-state index in [-0.39, 0.29) is 0 Å². The molecule has 0 aliphatic rings. The maximum atomic E-state index is 4.21. The first-order chi connectivity index (χ1) is 7.59. The second-order valence-electron chi connectivity index (χ2n) is 4.57. The normalized spacial score (nSPS) is 10.8. The van der Waals surface area contributed by atoms with Crippen LogP contribution in [-0.4, -0.2) is 34.6 Å². The number of nitrogens with zero attached hydrogens (tertiary/aromatic N) is 3. The second kappa shape index (κ2) is 6.48. The van der Waals surface area contributed by atoms with E-state index in [1.807, 2.05) is 19.3 Å². The Balaban J connectivity index is 2.20. The highest BCUT2D eigenvalue weighted by Gasteiger charge is 1.98. The van der Waals surface area contributed by atoms with Crippen LogP contribution in [0.2, 0.25) is 0 Å². The lowest BCUT2D eigenvalue weighted by molar-refractivity contribution is 0.352. The summed E-state index contributed by atoms with van der Waals surface area (Å²) in [5.74, 6) is 1.10. The van der Waals surface area contributed by atoms with Gasteiger partial charge in [0.1, 0.15) is 5.82 Å². The fourth-order valence-electron chi connectivity index (χ4n) is 1.58. The monoisotopic (exact) mass is 221 g/mol. The van der Waals surface area contributed by atoms with Crippen molar-refractivity contribution in [3.05, 3.63) is 29.9 Å². The van der Waals surface area contributed by atoms with Gasteiger partial charge in [0, 0.05) is 25.5 Å². The first-order valence-corrected chi connectivity index (χ1v) is 5.89. The number of imidazole rings is 1. The molecule has 0 aliphatic heterocycles. The summed E-state index contributed by atoms with van der Waals surface area (Å²) in [6.45, 7) is 9.57. The van der Waals surface area contributed by atoms with Crippen LogP contribution in [0.25, 0.3) is 0 Å². The highest BCUT2D eigenvalue weighted by Crippen LogP contribution is 1.99. The summed E-state index contributed by atoms with van der Waals surface area (Å²) in [6, 6.07) is 0. The van der Waals surface area contributed by atoms with Crippen molar-refractivity contribution in [1.82, 2.24) is 14.5 Å². The number of rotatable bonds is 6. The van der Waals surface area contributed by atoms with Crippen LogP contribution in [0.4, 0.5) is 0 Å². The summed E-state index contributed by atoms with van der Waals surface area (Å²) in [6.07, 6.45) is 7.35. The number of hydrogen-bond donors (Lipinski definition) is 0. The fourth-order valence-corrected chi connectivity index (χ4v) is 1.58. The number of likely N-dealkylation sites (N-methyl/N-ethyl adjacent to an activating group) is 1. The van der Waals surface area contributed by atoms with E-state index in [9.17, 15) is 0 Å². The van der Waals surface area contributed by atoms with Crippen LogP contribution in [0.1, 0.15) is 26.1 Å². The van der Waals surface area contributed by atoms with Gasteiger partial charge in [-0.2, -0.15) is 0 Å². The molecule has 0 aromatic carbocycles. The molecule has 3 heteroatoms. The molecule has 3 nitrogen and oxygen atoms in total. The molecule has 0 saturated carbocycles. The first-order valence-electron chi connectivity index (χ1n) is 5.89. The van der Waals surface area contributed by atoms with Crippen LogP contribution in [0.3, 0.4) is 0 Å². The summed E-state index contributed by atoms with van der Waals surface area (Å²) in [7, 11) is 2.17. The van der Waals surface area contributed by atoms with E-state index in [2.05, 4.69) is 41.4 Å². The quantitative estimate of drug-likeness (QED) is 0.688. The molecule has 1 heterocycles. The Morgan fingerprint density at radius 2 is 2.25 bits per heavy atom. The van der Waals surface area contributed by atoms with E-state index >= 15 is 0 Å². The van der Waals surface area contributed by atoms with Gasteiger partial charge in [-0.05, 0) is 40.8 Å². The Morgan fingerprint density at radius 1 is 1.50 bits per heavy atom. The zero-order chi connectivity index (χ0) is 12.0. The molecule has 0 N–H and O–H groups in total. The molecule has 0 radical (unpaired) electrons. The zero-order valence-corrected chi connectivity index (χ0v) is 10.9. The van der Waals surface area contributed by atoms with Crippen molar-refractivity contribution in [3.63, 3.8) is 0 Å². The molecule has 1 aromatic heterocycles. The van der Waals surface area contributed by atoms with E-state index in [0.717, 1.165) is 25.5 Å². The number of hydrogen-bond acceptors (Lipinski definition) is 2.